The number of hydrogen-bond donors (Lipinski definition) is 3. The van der Waals surface area contributed by atoms with Gasteiger partial charge in [-0.1, -0.05) is 50.6 Å². The molecular weight excluding hydrogens is 504 g/mol. The average molecular weight is 545 g/mol. The van der Waals surface area contributed by atoms with Crippen LogP contribution in [0.2, 0.25) is 0 Å². The van der Waals surface area contributed by atoms with Gasteiger partial charge in [0.2, 0.25) is 5.91 Å². The number of aliphatic hydroxyl groups is 1. The zero-order chi connectivity index (χ0) is 27.8. The Kier molecular flexibility index (Phi) is 10.8. The predicted molar refractivity (Wildman–Crippen MR) is 147 cm³/mol. The predicted octanol–water partition coefficient (Wildman–Crippen LogP) is 2.76. The first-order chi connectivity index (χ1) is 18.0. The van der Waals surface area contributed by atoms with Crippen molar-refractivity contribution in [1.29, 1.82) is 0 Å². The van der Waals surface area contributed by atoms with Crippen LogP contribution < -0.4 is 11.1 Å². The highest BCUT2D eigenvalue weighted by molar-refractivity contribution is 7.09. The van der Waals surface area contributed by atoms with Crippen LogP contribution in [0.5, 0.6) is 0 Å². The molecule has 2 aliphatic heterocycles. The van der Waals surface area contributed by atoms with Crippen molar-refractivity contribution < 1.29 is 24.2 Å². The Balaban J connectivity index is 1.85. The van der Waals surface area contributed by atoms with Crippen molar-refractivity contribution in [2.45, 2.75) is 77.7 Å². The average Bonchev–Trinajstić information content (AvgIpc) is 3.52. The number of aliphatic hydroxyl groups excluding tert-OH is 1. The SMILES string of the molecule is CC1=C\[C@@H](O)C[C@@H](N)Cc2nc(cs2)C(=O)N2CCC[C@@H]2C(=O)OC(C(C)C)[C@H](C)/C=C/C(=O)NC\C=C\1. The molecule has 0 radical (unpaired) electrons. The third-order valence-electron chi connectivity index (χ3n) is 6.75. The molecule has 10 heteroatoms. The van der Waals surface area contributed by atoms with Gasteiger partial charge in [0.15, 0.2) is 0 Å². The van der Waals surface area contributed by atoms with Crippen LogP contribution in [0.15, 0.2) is 41.3 Å². The number of fused-ring (bicyclic) bond motifs is 3. The fraction of sp³-hybridized carbons (Fsp3) is 0.571. The Morgan fingerprint density at radius 1 is 1.26 bits per heavy atom. The molecule has 0 spiro atoms. The summed E-state index contributed by atoms with van der Waals surface area (Å²) in [7, 11) is 0. The van der Waals surface area contributed by atoms with Gasteiger partial charge in [-0.3, -0.25) is 9.59 Å². The molecule has 0 saturated carbocycles. The van der Waals surface area contributed by atoms with E-state index in [1.165, 1.54) is 17.4 Å². The summed E-state index contributed by atoms with van der Waals surface area (Å²) in [4.78, 5) is 44.8. The fourth-order valence-corrected chi connectivity index (χ4v) is 5.69. The normalized spacial score (nSPS) is 31.7. The van der Waals surface area contributed by atoms with E-state index in [2.05, 4.69) is 10.3 Å². The largest absolute Gasteiger partial charge is 0.460 e. The minimum atomic E-state index is -0.735. The van der Waals surface area contributed by atoms with Crippen LogP contribution in [0.1, 0.15) is 62.5 Å². The first-order valence-electron chi connectivity index (χ1n) is 13.3. The lowest BCUT2D eigenvalue weighted by Crippen LogP contribution is -2.44. The quantitative estimate of drug-likeness (QED) is 0.463. The van der Waals surface area contributed by atoms with Crippen molar-refractivity contribution in [3.63, 3.8) is 0 Å². The second-order valence-corrected chi connectivity index (χ2v) is 11.4. The third-order valence-corrected chi connectivity index (χ3v) is 7.62. The number of nitrogens with two attached hydrogens (primary N) is 1. The maximum atomic E-state index is 13.3. The summed E-state index contributed by atoms with van der Waals surface area (Å²) in [5, 5.41) is 15.6. The van der Waals surface area contributed by atoms with Gasteiger partial charge in [0, 0.05) is 36.9 Å². The fourth-order valence-electron chi connectivity index (χ4n) is 4.82. The Morgan fingerprint density at radius 3 is 2.76 bits per heavy atom. The van der Waals surface area contributed by atoms with Crippen molar-refractivity contribution in [3.05, 3.63) is 52.0 Å². The van der Waals surface area contributed by atoms with E-state index in [0.29, 0.717) is 49.5 Å². The molecule has 1 aromatic rings. The number of hydrogen-bond acceptors (Lipinski definition) is 8. The van der Waals surface area contributed by atoms with E-state index < -0.39 is 24.2 Å². The van der Waals surface area contributed by atoms with Crippen molar-refractivity contribution in [3.8, 4) is 0 Å². The number of carbonyl (C=O) groups excluding carboxylic acids is 3. The van der Waals surface area contributed by atoms with Crippen molar-refractivity contribution in [2.24, 2.45) is 17.6 Å². The molecule has 2 amide bonds. The first kappa shape index (κ1) is 29.7. The lowest BCUT2D eigenvalue weighted by molar-refractivity contribution is -0.158. The van der Waals surface area contributed by atoms with E-state index in [1.54, 1.807) is 22.4 Å². The molecule has 3 heterocycles. The monoisotopic (exact) mass is 544 g/mol. The molecule has 208 valence electrons. The zero-order valence-electron chi connectivity index (χ0n) is 22.6. The number of ether oxygens (including phenoxy) is 1. The van der Waals surface area contributed by atoms with Crippen LogP contribution in [0.4, 0.5) is 0 Å². The van der Waals surface area contributed by atoms with Gasteiger partial charge in [-0.05, 0) is 38.2 Å². The molecule has 3 rings (SSSR count). The number of esters is 1. The third kappa shape index (κ3) is 8.34. The number of carbonyl (C=O) groups is 3. The highest BCUT2D eigenvalue weighted by Crippen LogP contribution is 2.26. The lowest BCUT2D eigenvalue weighted by atomic mass is 9.94. The van der Waals surface area contributed by atoms with Gasteiger partial charge in [0.1, 0.15) is 17.8 Å². The maximum Gasteiger partial charge on any atom is 0.329 e. The Morgan fingerprint density at radius 2 is 2.03 bits per heavy atom. The highest BCUT2D eigenvalue weighted by Gasteiger charge is 2.38. The summed E-state index contributed by atoms with van der Waals surface area (Å²) in [6, 6.07) is -1.02. The number of allylic oxidation sites excluding steroid dienone is 2. The number of thiazole rings is 1. The lowest BCUT2D eigenvalue weighted by Gasteiger charge is -2.29. The topological polar surface area (TPSA) is 135 Å². The van der Waals surface area contributed by atoms with Gasteiger partial charge in [0.05, 0.1) is 11.1 Å². The molecule has 1 saturated heterocycles. The summed E-state index contributed by atoms with van der Waals surface area (Å²) >= 11 is 1.35. The standard InChI is InChI=1S/C28H40N4O5S/c1-17(2)26-19(4)9-10-24(34)30-11-5-7-18(3)13-21(33)14-20(29)15-25-31-22(16-38-25)27(35)32-12-6-8-23(32)28(36)37-26/h5,7,9-10,13,16-17,19-21,23,26,33H,6,8,11-12,14-15,29H2,1-4H3,(H,30,34)/b7-5+,10-9+,18-13+/t19-,20-,21-,23-,26?/m1/s1. The second kappa shape index (κ2) is 13.8. The van der Waals surface area contributed by atoms with Crippen LogP contribution in [-0.2, 0) is 20.7 Å². The number of cyclic esters (lactones) is 1. The molecule has 2 bridgehead atoms. The summed E-state index contributed by atoms with van der Waals surface area (Å²) in [5.74, 6) is -1.17. The molecule has 0 aliphatic carbocycles. The van der Waals surface area contributed by atoms with E-state index in [4.69, 9.17) is 10.5 Å². The molecule has 1 unspecified atom stereocenters. The first-order valence-corrected chi connectivity index (χ1v) is 14.1. The number of nitrogens with zero attached hydrogens (tertiary/aromatic N) is 2. The molecule has 2 aliphatic rings. The van der Waals surface area contributed by atoms with Crippen LogP contribution in [0, 0.1) is 11.8 Å². The molecular formula is C28H40N4O5S. The van der Waals surface area contributed by atoms with Gasteiger partial charge in [0.25, 0.3) is 5.91 Å². The Hall–Kier alpha value is -2.82. The van der Waals surface area contributed by atoms with E-state index in [9.17, 15) is 19.5 Å². The van der Waals surface area contributed by atoms with Crippen LogP contribution in [0.25, 0.3) is 0 Å². The van der Waals surface area contributed by atoms with Crippen LogP contribution >= 0.6 is 11.3 Å². The van der Waals surface area contributed by atoms with Crippen molar-refractivity contribution >= 4 is 29.1 Å². The zero-order valence-corrected chi connectivity index (χ0v) is 23.4. The summed E-state index contributed by atoms with van der Waals surface area (Å²) in [5.41, 5.74) is 7.40. The second-order valence-electron chi connectivity index (χ2n) is 10.5. The Labute approximate surface area is 228 Å². The summed E-state index contributed by atoms with van der Waals surface area (Å²) < 4.78 is 5.93. The molecule has 1 aromatic heterocycles. The Bertz CT molecular complexity index is 1080. The van der Waals surface area contributed by atoms with Gasteiger partial charge in [-0.25, -0.2) is 9.78 Å². The number of rotatable bonds is 1. The maximum absolute atomic E-state index is 13.3. The molecule has 5 atom stereocenters. The van der Waals surface area contributed by atoms with E-state index >= 15 is 0 Å². The van der Waals surface area contributed by atoms with Gasteiger partial charge < -0.3 is 25.8 Å². The van der Waals surface area contributed by atoms with Gasteiger partial charge in [-0.2, -0.15) is 0 Å². The highest BCUT2D eigenvalue weighted by atomic mass is 32.1. The van der Waals surface area contributed by atoms with Gasteiger partial charge >= 0.3 is 5.97 Å². The molecule has 0 aromatic carbocycles. The van der Waals surface area contributed by atoms with E-state index in [1.807, 2.05) is 39.8 Å². The minimum absolute atomic E-state index is 0.0139. The molecule has 1 fully saturated rings. The molecule has 38 heavy (non-hydrogen) atoms. The summed E-state index contributed by atoms with van der Waals surface area (Å²) in [6.45, 7) is 8.49. The van der Waals surface area contributed by atoms with E-state index in [0.717, 1.165) is 5.57 Å². The van der Waals surface area contributed by atoms with Crippen molar-refractivity contribution in [2.75, 3.05) is 13.1 Å². The van der Waals surface area contributed by atoms with Crippen molar-refractivity contribution in [1.82, 2.24) is 15.2 Å². The molecule has 4 N–H and O–H groups in total. The summed E-state index contributed by atoms with van der Waals surface area (Å²) in [6.07, 6.45) is 9.38. The number of amides is 2. The number of aromatic nitrogens is 1. The van der Waals surface area contributed by atoms with Gasteiger partial charge in [-0.15, -0.1) is 11.3 Å². The minimum Gasteiger partial charge on any atom is -0.460 e. The smallest absolute Gasteiger partial charge is 0.329 e. The number of nitrogens with one attached hydrogen (secondary N) is 1. The van der Waals surface area contributed by atoms with Crippen LogP contribution in [-0.4, -0.2) is 70.2 Å². The molecule has 9 nitrogen and oxygen atoms in total. The van der Waals surface area contributed by atoms with Crippen LogP contribution in [0.3, 0.4) is 0 Å². The van der Waals surface area contributed by atoms with E-state index in [-0.39, 0.29) is 29.7 Å².